The summed E-state index contributed by atoms with van der Waals surface area (Å²) in [5, 5.41) is 3.82. The number of carbonyl (C=O) groups is 1. The Hall–Kier alpha value is -0.130. The molecule has 2 rings (SSSR count). The van der Waals surface area contributed by atoms with Gasteiger partial charge in [-0.1, -0.05) is 22.4 Å². The number of hydrogen-bond donors (Lipinski definition) is 2. The zero-order valence-electron chi connectivity index (χ0n) is 10.9. The lowest BCUT2D eigenvalue weighted by atomic mass is 9.94. The van der Waals surface area contributed by atoms with Gasteiger partial charge in [-0.3, -0.25) is 4.79 Å². The third kappa shape index (κ3) is 4.17. The molecule has 1 saturated carbocycles. The molecule has 1 aliphatic rings. The molecule has 1 aromatic carbocycles. The van der Waals surface area contributed by atoms with Gasteiger partial charge >= 0.3 is 0 Å². The van der Waals surface area contributed by atoms with E-state index >= 15 is 0 Å². The van der Waals surface area contributed by atoms with E-state index in [0.29, 0.717) is 21.8 Å². The lowest BCUT2D eigenvalue weighted by Crippen LogP contribution is -2.39. The van der Waals surface area contributed by atoms with E-state index in [2.05, 4.69) is 40.1 Å². The summed E-state index contributed by atoms with van der Waals surface area (Å²) >= 11 is 9.65. The van der Waals surface area contributed by atoms with Crippen molar-refractivity contribution in [2.45, 2.75) is 41.9 Å². The van der Waals surface area contributed by atoms with E-state index in [1.807, 2.05) is 30.0 Å². The molecule has 0 spiro atoms. The number of carbonyl (C=O) groups excluding carboxylic acids is 1. The van der Waals surface area contributed by atoms with Crippen molar-refractivity contribution in [3.05, 3.63) is 28.2 Å². The van der Waals surface area contributed by atoms with Gasteiger partial charge in [0.05, 0.1) is 5.56 Å². The van der Waals surface area contributed by atoms with Gasteiger partial charge in [0.15, 0.2) is 0 Å². The molecule has 2 atom stereocenters. The quantitative estimate of drug-likeness (QED) is 0.794. The van der Waals surface area contributed by atoms with Gasteiger partial charge in [-0.15, -0.1) is 12.6 Å². The Balaban J connectivity index is 2.00. The fraction of sp³-hybridized carbons (Fsp3) is 0.500. The average molecular weight is 360 g/mol. The molecule has 0 radical (unpaired) electrons. The van der Waals surface area contributed by atoms with Crippen molar-refractivity contribution in [1.82, 2.24) is 5.32 Å². The lowest BCUT2D eigenvalue weighted by Gasteiger charge is -2.28. The standard InChI is InChI=1S/C14H18BrNOS2/c1-19-11-4-2-3-10(8-11)16-14(17)12-6-5-9(15)7-13(12)18/h5-7,10-11,18H,2-4,8H2,1H3,(H,16,17). The number of thiol groups is 1. The first-order chi connectivity index (χ1) is 9.10. The molecular formula is C14H18BrNOS2. The van der Waals surface area contributed by atoms with Crippen LogP contribution in [-0.4, -0.2) is 23.5 Å². The average Bonchev–Trinajstić information content (AvgIpc) is 2.38. The van der Waals surface area contributed by atoms with Crippen LogP contribution in [0.5, 0.6) is 0 Å². The number of halogens is 1. The monoisotopic (exact) mass is 359 g/mol. The van der Waals surface area contributed by atoms with E-state index in [1.165, 1.54) is 12.8 Å². The molecule has 0 saturated heterocycles. The van der Waals surface area contributed by atoms with Gasteiger partial charge in [-0.05, 0) is 43.7 Å². The van der Waals surface area contributed by atoms with Crippen LogP contribution in [0.25, 0.3) is 0 Å². The predicted octanol–water partition coefficient (Wildman–Crippen LogP) is 4.14. The Bertz CT molecular complexity index is 467. The first-order valence-corrected chi connectivity index (χ1v) is 8.95. The molecule has 1 fully saturated rings. The van der Waals surface area contributed by atoms with Crippen molar-refractivity contribution < 1.29 is 4.79 Å². The fourth-order valence-electron chi connectivity index (χ4n) is 2.45. The van der Waals surface area contributed by atoms with Crippen LogP contribution in [0.2, 0.25) is 0 Å². The molecule has 1 amide bonds. The highest BCUT2D eigenvalue weighted by Crippen LogP contribution is 2.27. The Morgan fingerprint density at radius 3 is 2.95 bits per heavy atom. The first-order valence-electron chi connectivity index (χ1n) is 6.42. The second-order valence-electron chi connectivity index (χ2n) is 4.86. The second kappa shape index (κ2) is 7.04. The maximum Gasteiger partial charge on any atom is 0.252 e. The highest BCUT2D eigenvalue weighted by Gasteiger charge is 2.23. The SMILES string of the molecule is CSC1CCCC(NC(=O)c2ccc(Br)cc2S)C1. The van der Waals surface area contributed by atoms with Crippen LogP contribution >= 0.6 is 40.3 Å². The second-order valence-corrected chi connectivity index (χ2v) is 7.39. The molecule has 0 aliphatic heterocycles. The van der Waals surface area contributed by atoms with Crippen LogP contribution in [-0.2, 0) is 0 Å². The van der Waals surface area contributed by atoms with Gasteiger partial charge in [0.2, 0.25) is 0 Å². The topological polar surface area (TPSA) is 29.1 Å². The number of benzene rings is 1. The lowest BCUT2D eigenvalue weighted by molar-refractivity contribution is 0.0925. The highest BCUT2D eigenvalue weighted by atomic mass is 79.9. The number of thioether (sulfide) groups is 1. The Morgan fingerprint density at radius 2 is 2.26 bits per heavy atom. The molecule has 2 nitrogen and oxygen atoms in total. The molecule has 1 N–H and O–H groups in total. The molecule has 0 heterocycles. The third-order valence-electron chi connectivity index (χ3n) is 3.50. The summed E-state index contributed by atoms with van der Waals surface area (Å²) in [7, 11) is 0. The van der Waals surface area contributed by atoms with E-state index in [-0.39, 0.29) is 5.91 Å². The maximum absolute atomic E-state index is 12.3. The summed E-state index contributed by atoms with van der Waals surface area (Å²) in [4.78, 5) is 13.0. The van der Waals surface area contributed by atoms with Crippen LogP contribution in [0, 0.1) is 0 Å². The van der Waals surface area contributed by atoms with Gasteiger partial charge in [0.25, 0.3) is 5.91 Å². The van der Waals surface area contributed by atoms with Crippen molar-refractivity contribution in [2.24, 2.45) is 0 Å². The molecule has 1 aromatic rings. The van der Waals surface area contributed by atoms with Gasteiger partial charge < -0.3 is 5.32 Å². The third-order valence-corrected chi connectivity index (χ3v) is 5.46. The van der Waals surface area contributed by atoms with Crippen molar-refractivity contribution in [3.8, 4) is 0 Å². The van der Waals surface area contributed by atoms with Crippen molar-refractivity contribution in [3.63, 3.8) is 0 Å². The summed E-state index contributed by atoms with van der Waals surface area (Å²) < 4.78 is 0.939. The van der Waals surface area contributed by atoms with Crippen LogP contribution in [0.4, 0.5) is 0 Å². The number of amides is 1. The van der Waals surface area contributed by atoms with E-state index in [0.717, 1.165) is 17.3 Å². The normalized spacial score (nSPS) is 23.1. The molecular weight excluding hydrogens is 342 g/mol. The van der Waals surface area contributed by atoms with Gasteiger partial charge in [-0.2, -0.15) is 11.8 Å². The minimum Gasteiger partial charge on any atom is -0.349 e. The minimum atomic E-state index is -0.00995. The van der Waals surface area contributed by atoms with E-state index < -0.39 is 0 Å². The van der Waals surface area contributed by atoms with Crippen molar-refractivity contribution in [1.29, 1.82) is 0 Å². The van der Waals surface area contributed by atoms with Gasteiger partial charge in [-0.25, -0.2) is 0 Å². The van der Waals surface area contributed by atoms with Crippen molar-refractivity contribution in [2.75, 3.05) is 6.26 Å². The number of hydrogen-bond acceptors (Lipinski definition) is 3. The fourth-order valence-corrected chi connectivity index (χ4v) is 4.13. The zero-order chi connectivity index (χ0) is 13.8. The maximum atomic E-state index is 12.3. The molecule has 5 heteroatoms. The summed E-state index contributed by atoms with van der Waals surface area (Å²) in [5.41, 5.74) is 0.651. The van der Waals surface area contributed by atoms with Crippen LogP contribution in [0.1, 0.15) is 36.0 Å². The van der Waals surface area contributed by atoms with Crippen LogP contribution < -0.4 is 5.32 Å². The molecule has 19 heavy (non-hydrogen) atoms. The Kier molecular flexibility index (Phi) is 5.66. The van der Waals surface area contributed by atoms with E-state index in [1.54, 1.807) is 0 Å². The molecule has 1 aliphatic carbocycles. The highest BCUT2D eigenvalue weighted by molar-refractivity contribution is 9.10. The summed E-state index contributed by atoms with van der Waals surface area (Å²) in [6.07, 6.45) is 6.77. The van der Waals surface area contributed by atoms with E-state index in [9.17, 15) is 4.79 Å². The van der Waals surface area contributed by atoms with Crippen molar-refractivity contribution >= 4 is 46.2 Å². The number of nitrogens with one attached hydrogen (secondary N) is 1. The molecule has 0 bridgehead atoms. The van der Waals surface area contributed by atoms with Crippen LogP contribution in [0.15, 0.2) is 27.6 Å². The van der Waals surface area contributed by atoms with Crippen LogP contribution in [0.3, 0.4) is 0 Å². The summed E-state index contributed by atoms with van der Waals surface area (Å²) in [6, 6.07) is 5.84. The zero-order valence-corrected chi connectivity index (χ0v) is 14.2. The largest absolute Gasteiger partial charge is 0.349 e. The Morgan fingerprint density at radius 1 is 1.47 bits per heavy atom. The summed E-state index contributed by atoms with van der Waals surface area (Å²) in [6.45, 7) is 0. The smallest absolute Gasteiger partial charge is 0.252 e. The molecule has 2 unspecified atom stereocenters. The van der Waals surface area contributed by atoms with Gasteiger partial charge in [0.1, 0.15) is 0 Å². The minimum absolute atomic E-state index is 0.00995. The molecule has 104 valence electrons. The van der Waals surface area contributed by atoms with Gasteiger partial charge in [0, 0.05) is 20.7 Å². The predicted molar refractivity (Wildman–Crippen MR) is 88.4 cm³/mol. The number of rotatable bonds is 3. The summed E-state index contributed by atoms with van der Waals surface area (Å²) in [5.74, 6) is -0.00995. The first kappa shape index (κ1) is 15.3. The van der Waals surface area contributed by atoms with E-state index in [4.69, 9.17) is 0 Å². The molecule has 0 aromatic heterocycles. The Labute approximate surface area is 132 Å².